The lowest BCUT2D eigenvalue weighted by Crippen LogP contribution is -2.27. The number of imide groups is 1. The van der Waals surface area contributed by atoms with E-state index in [1.165, 1.54) is 4.90 Å². The van der Waals surface area contributed by atoms with E-state index in [1.807, 2.05) is 66.7 Å². The lowest BCUT2D eigenvalue weighted by Gasteiger charge is -2.14. The number of carboxylic acid groups (broad SMARTS) is 1. The smallest absolute Gasteiger partial charge is 0.323 e. The van der Waals surface area contributed by atoms with Crippen LogP contribution < -0.4 is 0 Å². The number of hydrogen-bond donors (Lipinski definition) is 1. The fourth-order valence-corrected chi connectivity index (χ4v) is 4.87. The maximum atomic E-state index is 13.1. The zero-order valence-corrected chi connectivity index (χ0v) is 17.7. The minimum absolute atomic E-state index is 0.184. The lowest BCUT2D eigenvalue weighted by atomic mass is 10.0. The third-order valence-corrected chi connectivity index (χ3v) is 6.40. The summed E-state index contributed by atoms with van der Waals surface area (Å²) in [6, 6.07) is 21.1. The van der Waals surface area contributed by atoms with Gasteiger partial charge in [-0.25, -0.2) is 0 Å². The van der Waals surface area contributed by atoms with E-state index in [1.54, 1.807) is 16.8 Å². The van der Waals surface area contributed by atoms with E-state index in [-0.39, 0.29) is 24.2 Å². The second kappa shape index (κ2) is 8.01. The molecular weight excluding hydrogens is 424 g/mol. The molecule has 3 aromatic carbocycles. The van der Waals surface area contributed by atoms with Crippen LogP contribution in [0.5, 0.6) is 0 Å². The quantitative estimate of drug-likeness (QED) is 0.434. The van der Waals surface area contributed by atoms with Gasteiger partial charge in [0.15, 0.2) is 0 Å². The summed E-state index contributed by atoms with van der Waals surface area (Å²) in [5.74, 6) is -1.30. The van der Waals surface area contributed by atoms with Gasteiger partial charge in [-0.1, -0.05) is 60.7 Å². The van der Waals surface area contributed by atoms with Crippen molar-refractivity contribution >= 4 is 56.6 Å². The molecule has 0 spiro atoms. The number of hydrogen-bond acceptors (Lipinski definition) is 4. The molecule has 158 valence electrons. The molecule has 0 unspecified atom stereocenters. The van der Waals surface area contributed by atoms with Gasteiger partial charge in [-0.05, 0) is 40.2 Å². The van der Waals surface area contributed by atoms with Gasteiger partial charge in [-0.15, -0.1) is 0 Å². The Morgan fingerprint density at radius 1 is 0.938 bits per heavy atom. The number of nitrogens with zero attached hydrogens (tertiary/aromatic N) is 2. The first-order chi connectivity index (χ1) is 15.5. The van der Waals surface area contributed by atoms with Crippen LogP contribution in [0, 0.1) is 0 Å². The summed E-state index contributed by atoms with van der Waals surface area (Å²) < 4.78 is 1.63. The minimum Gasteiger partial charge on any atom is -0.480 e. The average Bonchev–Trinajstić information content (AvgIpc) is 3.25. The molecule has 2 amide bonds. The molecule has 0 bridgehead atoms. The van der Waals surface area contributed by atoms with Crippen molar-refractivity contribution < 1.29 is 19.5 Å². The van der Waals surface area contributed by atoms with E-state index in [0.29, 0.717) is 10.5 Å². The Hall–Kier alpha value is -3.84. The Balaban J connectivity index is 1.48. The summed E-state index contributed by atoms with van der Waals surface area (Å²) in [7, 11) is 0. The van der Waals surface area contributed by atoms with Crippen molar-refractivity contribution in [3.05, 3.63) is 89.0 Å². The number of aromatic nitrogens is 1. The van der Waals surface area contributed by atoms with E-state index in [0.717, 1.165) is 39.0 Å². The van der Waals surface area contributed by atoms with Crippen molar-refractivity contribution in [1.29, 1.82) is 0 Å². The molecule has 1 N–H and O–H groups in total. The van der Waals surface area contributed by atoms with Crippen LogP contribution in [0.2, 0.25) is 0 Å². The number of para-hydroxylation sites is 1. The molecule has 1 aliphatic heterocycles. The zero-order valence-electron chi connectivity index (χ0n) is 16.9. The second-order valence-corrected chi connectivity index (χ2v) is 8.52. The SMILES string of the molecule is O=C(O)Cn1cc(/C=C2/SC(=O)N(Cc3cccc4ccccc34)C2=O)c2ccccc21. The molecule has 7 heteroatoms. The highest BCUT2D eigenvalue weighted by Gasteiger charge is 2.35. The highest BCUT2D eigenvalue weighted by atomic mass is 32.2. The minimum atomic E-state index is -0.951. The van der Waals surface area contributed by atoms with Crippen molar-refractivity contribution in [2.75, 3.05) is 0 Å². The Kier molecular flexibility index (Phi) is 5.03. The summed E-state index contributed by atoms with van der Waals surface area (Å²) in [5, 5.41) is 11.8. The van der Waals surface area contributed by atoms with Crippen LogP contribution in [0.1, 0.15) is 11.1 Å². The number of carbonyl (C=O) groups excluding carboxylic acids is 2. The van der Waals surface area contributed by atoms with Crippen LogP contribution in [-0.2, 0) is 22.7 Å². The molecule has 0 aliphatic carbocycles. The van der Waals surface area contributed by atoms with E-state index in [9.17, 15) is 19.5 Å². The molecule has 0 saturated carbocycles. The van der Waals surface area contributed by atoms with Gasteiger partial charge in [-0.3, -0.25) is 19.3 Å². The molecular formula is C25H18N2O4S. The van der Waals surface area contributed by atoms with Crippen LogP contribution in [0.15, 0.2) is 77.8 Å². The van der Waals surface area contributed by atoms with Crippen LogP contribution in [0.3, 0.4) is 0 Å². The van der Waals surface area contributed by atoms with E-state index < -0.39 is 5.97 Å². The van der Waals surface area contributed by atoms with Crippen molar-refractivity contribution in [3.8, 4) is 0 Å². The molecule has 5 rings (SSSR count). The van der Waals surface area contributed by atoms with Crippen molar-refractivity contribution in [2.24, 2.45) is 0 Å². The number of carboxylic acids is 1. The maximum absolute atomic E-state index is 13.1. The van der Waals surface area contributed by atoms with Gasteiger partial charge in [0.25, 0.3) is 11.1 Å². The number of rotatable bonds is 5. The number of amides is 2. The molecule has 1 aliphatic rings. The lowest BCUT2D eigenvalue weighted by molar-refractivity contribution is -0.137. The van der Waals surface area contributed by atoms with Crippen molar-refractivity contribution in [3.63, 3.8) is 0 Å². The number of fused-ring (bicyclic) bond motifs is 2. The van der Waals surface area contributed by atoms with Gasteiger partial charge in [-0.2, -0.15) is 0 Å². The fraction of sp³-hybridized carbons (Fsp3) is 0.0800. The largest absolute Gasteiger partial charge is 0.480 e. The van der Waals surface area contributed by atoms with E-state index >= 15 is 0 Å². The number of benzene rings is 3. The van der Waals surface area contributed by atoms with Gasteiger partial charge < -0.3 is 9.67 Å². The molecule has 1 aromatic heterocycles. The molecule has 4 aromatic rings. The monoisotopic (exact) mass is 442 g/mol. The van der Waals surface area contributed by atoms with Crippen LogP contribution in [-0.4, -0.2) is 31.7 Å². The van der Waals surface area contributed by atoms with Crippen LogP contribution >= 0.6 is 11.8 Å². The van der Waals surface area contributed by atoms with Gasteiger partial charge in [0, 0.05) is 22.7 Å². The van der Waals surface area contributed by atoms with Gasteiger partial charge in [0.1, 0.15) is 6.54 Å². The third kappa shape index (κ3) is 3.56. The summed E-state index contributed by atoms with van der Waals surface area (Å²) in [4.78, 5) is 38.6. The highest BCUT2D eigenvalue weighted by Crippen LogP contribution is 2.35. The first kappa shape index (κ1) is 20.1. The number of thioether (sulfide) groups is 1. The predicted octanol–water partition coefficient (Wildman–Crippen LogP) is 5.12. The molecule has 1 fully saturated rings. The number of aliphatic carboxylic acids is 1. The van der Waals surface area contributed by atoms with Gasteiger partial charge in [0.2, 0.25) is 0 Å². The summed E-state index contributed by atoms with van der Waals surface area (Å²) in [6.45, 7) is 0.0149. The van der Waals surface area contributed by atoms with Gasteiger partial charge in [0.05, 0.1) is 11.4 Å². The van der Waals surface area contributed by atoms with E-state index in [2.05, 4.69) is 0 Å². The van der Waals surface area contributed by atoms with Crippen molar-refractivity contribution in [1.82, 2.24) is 9.47 Å². The third-order valence-electron chi connectivity index (χ3n) is 5.49. The Bertz CT molecular complexity index is 1430. The first-order valence-electron chi connectivity index (χ1n) is 10.0. The van der Waals surface area contributed by atoms with E-state index in [4.69, 9.17) is 0 Å². The molecule has 32 heavy (non-hydrogen) atoms. The average molecular weight is 442 g/mol. The van der Waals surface area contributed by atoms with Gasteiger partial charge >= 0.3 is 5.97 Å². The van der Waals surface area contributed by atoms with Crippen LogP contribution in [0.4, 0.5) is 4.79 Å². The Morgan fingerprint density at radius 2 is 1.66 bits per heavy atom. The molecule has 1 saturated heterocycles. The fourth-order valence-electron chi connectivity index (χ4n) is 4.04. The second-order valence-electron chi connectivity index (χ2n) is 7.53. The standard InChI is InChI=1S/C25H18N2O4S/c28-23(29)15-26-13-18(20-10-3-4-11-21(20)26)12-22-24(30)27(25(31)32-22)14-17-8-5-7-16-6-1-2-9-19(16)17/h1-13H,14-15H2,(H,28,29)/b22-12+. The summed E-state index contributed by atoms with van der Waals surface area (Å²) in [5.41, 5.74) is 2.37. The maximum Gasteiger partial charge on any atom is 0.323 e. The summed E-state index contributed by atoms with van der Waals surface area (Å²) in [6.07, 6.45) is 3.38. The molecule has 0 atom stereocenters. The Labute approximate surface area is 187 Å². The van der Waals surface area contributed by atoms with Crippen molar-refractivity contribution in [2.45, 2.75) is 13.1 Å². The molecule has 6 nitrogen and oxygen atoms in total. The molecule has 2 heterocycles. The normalized spacial score (nSPS) is 15.4. The highest BCUT2D eigenvalue weighted by molar-refractivity contribution is 8.18. The number of carbonyl (C=O) groups is 3. The zero-order chi connectivity index (χ0) is 22.2. The first-order valence-corrected chi connectivity index (χ1v) is 10.8. The predicted molar refractivity (Wildman–Crippen MR) is 125 cm³/mol. The molecule has 0 radical (unpaired) electrons. The topological polar surface area (TPSA) is 79.6 Å². The Morgan fingerprint density at radius 3 is 2.47 bits per heavy atom. The van der Waals surface area contributed by atoms with Crippen LogP contribution in [0.25, 0.3) is 27.8 Å². The summed E-state index contributed by atoms with van der Waals surface area (Å²) >= 11 is 0.906.